The summed E-state index contributed by atoms with van der Waals surface area (Å²) in [6, 6.07) is 23.3. The lowest BCUT2D eigenvalue weighted by Gasteiger charge is -2.68. The summed E-state index contributed by atoms with van der Waals surface area (Å²) in [5, 5.41) is 40.0. The maximum atomic E-state index is 15.3. The van der Waals surface area contributed by atoms with Gasteiger partial charge in [-0.05, 0) is 74.1 Å². The molecule has 1 amide bonds. The van der Waals surface area contributed by atoms with Crippen LogP contribution >= 0.6 is 0 Å². The largest absolute Gasteiger partial charge is 0.458 e. The Kier molecular flexibility index (Phi) is 11.3. The van der Waals surface area contributed by atoms with E-state index >= 15 is 4.79 Å². The minimum atomic E-state index is -2.15. The maximum Gasteiger partial charge on any atom is 0.413 e. The Hall–Kier alpha value is -5.37. The second-order valence-electron chi connectivity index (χ2n) is 17.5. The summed E-state index contributed by atoms with van der Waals surface area (Å²) < 4.78 is 24.2. The highest BCUT2D eigenvalue weighted by molar-refractivity contribution is 5.92. The number of para-hydroxylation sites is 1. The third-order valence-corrected chi connectivity index (χ3v) is 14.0. The quantitative estimate of drug-likeness (QED) is 0.115. The fraction of sp³-hybridized carbons (Fsp3) is 0.468. The maximum absolute atomic E-state index is 15.3. The van der Waals surface area contributed by atoms with Gasteiger partial charge < -0.3 is 39.6 Å². The zero-order chi connectivity index (χ0) is 43.4. The molecule has 60 heavy (non-hydrogen) atoms. The molecule has 0 saturated heterocycles. The van der Waals surface area contributed by atoms with Gasteiger partial charge in [-0.1, -0.05) is 87.5 Å². The van der Waals surface area contributed by atoms with Crippen molar-refractivity contribution in [1.29, 1.82) is 0 Å². The summed E-state index contributed by atoms with van der Waals surface area (Å²) in [4.78, 5) is 69.8. The van der Waals surface area contributed by atoms with Gasteiger partial charge in [0.2, 0.25) is 0 Å². The van der Waals surface area contributed by atoms with Crippen molar-refractivity contribution in [3.63, 3.8) is 0 Å². The van der Waals surface area contributed by atoms with Gasteiger partial charge in [-0.3, -0.25) is 9.59 Å². The van der Waals surface area contributed by atoms with E-state index in [-0.39, 0.29) is 30.6 Å². The summed E-state index contributed by atoms with van der Waals surface area (Å²) in [5.74, 6) is -5.43. The molecular weight excluding hydrogens is 771 g/mol. The molecule has 3 saturated carbocycles. The van der Waals surface area contributed by atoms with Crippen molar-refractivity contribution in [2.45, 2.75) is 109 Å². The molecule has 11 atom stereocenters. The van der Waals surface area contributed by atoms with Crippen LogP contribution in [-0.4, -0.2) is 80.7 Å². The number of ether oxygens (including phenoxy) is 4. The number of carbonyl (C=O) groups is 5. The van der Waals surface area contributed by atoms with Crippen LogP contribution in [0.1, 0.15) is 89.2 Å². The highest BCUT2D eigenvalue weighted by Gasteiger charge is 2.76. The molecule has 3 fully saturated rings. The smallest absolute Gasteiger partial charge is 0.413 e. The van der Waals surface area contributed by atoms with Gasteiger partial charge in [-0.15, -0.1) is 0 Å². The Labute approximate surface area is 349 Å². The molecule has 13 heteroatoms. The van der Waals surface area contributed by atoms with Gasteiger partial charge in [0.1, 0.15) is 34.9 Å². The Balaban J connectivity index is 1.32. The lowest BCUT2D eigenvalue weighted by molar-refractivity contribution is -0.295. The normalized spacial score (nSPS) is 32.6. The van der Waals surface area contributed by atoms with Gasteiger partial charge in [-0.25, -0.2) is 14.4 Å². The van der Waals surface area contributed by atoms with Crippen LogP contribution in [0.3, 0.4) is 0 Å². The van der Waals surface area contributed by atoms with Crippen molar-refractivity contribution in [1.82, 2.24) is 5.32 Å². The molecule has 7 rings (SSSR count). The van der Waals surface area contributed by atoms with Gasteiger partial charge in [0.25, 0.3) is 0 Å². The minimum Gasteiger partial charge on any atom is -0.458 e. The molecule has 13 nitrogen and oxygen atoms in total. The number of hydrogen-bond acceptors (Lipinski definition) is 12. The Bertz CT molecular complexity index is 2180. The fourth-order valence-corrected chi connectivity index (χ4v) is 10.9. The minimum absolute atomic E-state index is 0.144. The highest BCUT2D eigenvalue weighted by atomic mass is 16.6. The molecule has 0 radical (unpaired) electrons. The summed E-state index contributed by atoms with van der Waals surface area (Å²) in [5.41, 5.74) is -5.24. The average Bonchev–Trinajstić information content (AvgIpc) is 3.21. The van der Waals surface area contributed by atoms with E-state index in [4.69, 9.17) is 18.9 Å². The number of esters is 3. The van der Waals surface area contributed by atoms with Crippen molar-refractivity contribution in [2.24, 2.45) is 28.6 Å². The van der Waals surface area contributed by atoms with Crippen LogP contribution in [0, 0.1) is 28.6 Å². The van der Waals surface area contributed by atoms with Crippen LogP contribution in [0.2, 0.25) is 0 Å². The van der Waals surface area contributed by atoms with E-state index < -0.39 is 100 Å². The fourth-order valence-electron chi connectivity index (χ4n) is 10.9. The molecular formula is C47H53NO12. The summed E-state index contributed by atoms with van der Waals surface area (Å²) in [6.45, 7) is 9.68. The number of nitrogens with one attached hydrogen (secondary N) is 1. The molecule has 0 spiro atoms. The second kappa shape index (κ2) is 15.9. The first kappa shape index (κ1) is 42.7. The number of carbonyl (C=O) groups excluding carboxylic acids is 5. The van der Waals surface area contributed by atoms with Gasteiger partial charge in [0.15, 0.2) is 6.10 Å². The number of fused-ring (bicyclic) bond motifs is 5. The van der Waals surface area contributed by atoms with Gasteiger partial charge in [0.05, 0.1) is 29.0 Å². The molecule has 4 aliphatic carbocycles. The predicted molar refractivity (Wildman–Crippen MR) is 216 cm³/mol. The van der Waals surface area contributed by atoms with Crippen molar-refractivity contribution in [2.75, 3.05) is 0 Å². The van der Waals surface area contributed by atoms with E-state index in [1.807, 2.05) is 0 Å². The van der Waals surface area contributed by atoms with E-state index in [2.05, 4.69) is 5.32 Å². The van der Waals surface area contributed by atoms with E-state index in [0.29, 0.717) is 23.1 Å². The molecule has 4 aliphatic rings. The highest BCUT2D eigenvalue weighted by Crippen LogP contribution is 2.67. The van der Waals surface area contributed by atoms with Crippen LogP contribution in [0.5, 0.6) is 5.75 Å². The molecule has 0 aromatic heterocycles. The first-order valence-electron chi connectivity index (χ1n) is 20.4. The first-order chi connectivity index (χ1) is 28.4. The lowest BCUT2D eigenvalue weighted by Crippen LogP contribution is -2.78. The molecule has 0 aliphatic heterocycles. The third kappa shape index (κ3) is 6.99. The summed E-state index contributed by atoms with van der Waals surface area (Å²) in [7, 11) is 0. The zero-order valence-electron chi connectivity index (χ0n) is 34.6. The Morgan fingerprint density at radius 1 is 0.883 bits per heavy atom. The number of Topliss-reactive ketones (excluding diaryl/α,β-unsaturated/α-hetero) is 1. The Morgan fingerprint density at radius 3 is 2.07 bits per heavy atom. The van der Waals surface area contributed by atoms with E-state index in [1.54, 1.807) is 126 Å². The average molecular weight is 824 g/mol. The van der Waals surface area contributed by atoms with Gasteiger partial charge in [0, 0.05) is 30.6 Å². The topological polar surface area (TPSA) is 195 Å². The predicted octanol–water partition coefficient (Wildman–Crippen LogP) is 5.81. The standard InChI is InChI=1S/C47H53NO12/c1-26-33(58-42(54)37(51)36(29-16-10-7-11-17-29)48-43(55)57-32-20-14-9-15-21-32)25-47(56)40(59-41(53)30-18-12-8-13-19-30)38-45(6,39(52)27(2)35(26)44(47,4)5)34(50)24-31-22-23-46(31,38)60-28(3)49/h7-21,27,31,33-34,36-38,40,50-51,56H,22-25H2,1-6H3,(H,48,55)/t27-,31-,33+,34+,36+,37-,38+,40+,45-,46+,47-/m1/s1. The molecule has 318 valence electrons. The number of ketones is 1. The van der Waals surface area contributed by atoms with Gasteiger partial charge in [-0.2, -0.15) is 0 Å². The van der Waals surface area contributed by atoms with Crippen LogP contribution in [-0.2, 0) is 28.6 Å². The van der Waals surface area contributed by atoms with Crippen molar-refractivity contribution in [3.8, 4) is 5.75 Å². The van der Waals surface area contributed by atoms with E-state index in [9.17, 15) is 34.5 Å². The van der Waals surface area contributed by atoms with E-state index in [1.165, 1.54) is 6.92 Å². The number of aliphatic hydroxyl groups is 3. The van der Waals surface area contributed by atoms with Crippen LogP contribution < -0.4 is 10.1 Å². The van der Waals surface area contributed by atoms with Crippen LogP contribution in [0.25, 0.3) is 0 Å². The van der Waals surface area contributed by atoms with Crippen molar-refractivity contribution < 1.29 is 58.2 Å². The number of benzene rings is 3. The number of hydrogen-bond donors (Lipinski definition) is 4. The van der Waals surface area contributed by atoms with Crippen molar-refractivity contribution in [3.05, 3.63) is 113 Å². The lowest BCUT2D eigenvalue weighted by atomic mass is 9.40. The molecule has 0 unspecified atom stereocenters. The van der Waals surface area contributed by atoms with E-state index in [0.717, 1.165) is 0 Å². The SMILES string of the molecule is CC(=O)O[C@@]12CC[C@@H]1C[C@H](O)[C@@]1(C)C(=O)[C@H](C)C3=C(C)[C@@H](OC(=O)[C@H](O)[C@@H](NC(=O)Oc4ccccc4)c4ccccc4)C[C@@](O)([C@@H](OC(=O)c4ccccc4)[C@H]21)C3(C)C. The molecule has 4 N–H and O–H groups in total. The zero-order valence-corrected chi connectivity index (χ0v) is 34.6. The Morgan fingerprint density at radius 2 is 1.48 bits per heavy atom. The number of amides is 1. The summed E-state index contributed by atoms with van der Waals surface area (Å²) in [6.07, 6.45) is -6.49. The first-order valence-corrected chi connectivity index (χ1v) is 20.4. The monoisotopic (exact) mass is 823 g/mol. The third-order valence-electron chi connectivity index (χ3n) is 14.0. The van der Waals surface area contributed by atoms with Gasteiger partial charge >= 0.3 is 24.0 Å². The number of rotatable bonds is 9. The van der Waals surface area contributed by atoms with Crippen molar-refractivity contribution >= 4 is 29.8 Å². The van der Waals surface area contributed by atoms with Crippen LogP contribution in [0.15, 0.2) is 102 Å². The second-order valence-corrected chi connectivity index (χ2v) is 17.5. The molecule has 3 aromatic carbocycles. The number of aliphatic hydroxyl groups excluding tert-OH is 2. The van der Waals surface area contributed by atoms with Crippen LogP contribution in [0.4, 0.5) is 4.79 Å². The molecule has 3 aromatic rings. The molecule has 2 bridgehead atoms. The molecule has 0 heterocycles. The summed E-state index contributed by atoms with van der Waals surface area (Å²) >= 11 is 0.